The second-order valence-corrected chi connectivity index (χ2v) is 24.3. The zero-order chi connectivity index (χ0) is 44.4. The summed E-state index contributed by atoms with van der Waals surface area (Å²) in [5, 5.41) is 8.53. The van der Waals surface area contributed by atoms with E-state index in [1.807, 2.05) is 0 Å². The van der Waals surface area contributed by atoms with E-state index in [2.05, 4.69) is 220 Å². The van der Waals surface area contributed by atoms with Crippen molar-refractivity contribution < 1.29 is 0 Å². The van der Waals surface area contributed by atoms with Crippen LogP contribution in [0.4, 0.5) is 0 Å². The predicted octanol–water partition coefficient (Wildman–Crippen LogP) is 17.7. The lowest BCUT2D eigenvalue weighted by Crippen LogP contribution is -2.19. The van der Waals surface area contributed by atoms with Gasteiger partial charge in [-0.25, -0.2) is 0 Å². The van der Waals surface area contributed by atoms with Crippen molar-refractivity contribution in [1.29, 1.82) is 0 Å². The standard InChI is InChI=1S/C62H66/c1-57(2,3)39-23-17-35(18-24-39)37-21-27-43-49(29-37)61(13,14)55-47-33-42(60(10,11)12)32-46-52(47)51-45(53(43)55)31-41(59(7,8)9)34-48(51)56-54(46)44-28-22-38(30-50(44)62(56,15)16)36-19-25-40(26-20-36)58(4,5)6/h17-34H,1-16H3. The van der Waals surface area contributed by atoms with Crippen LogP contribution in [0.3, 0.4) is 0 Å². The van der Waals surface area contributed by atoms with Crippen molar-refractivity contribution in [2.75, 3.05) is 0 Å². The Kier molecular flexibility index (Phi) is 8.38. The molecule has 0 saturated heterocycles. The number of benzene rings is 8. The maximum atomic E-state index is 2.59. The van der Waals surface area contributed by atoms with Crippen LogP contribution in [0.1, 0.15) is 155 Å². The van der Waals surface area contributed by atoms with Gasteiger partial charge in [0, 0.05) is 10.8 Å². The Labute approximate surface area is 372 Å². The molecular weight excluding hydrogens is 745 g/mol. The van der Waals surface area contributed by atoms with Crippen molar-refractivity contribution in [3.63, 3.8) is 0 Å². The van der Waals surface area contributed by atoms with Gasteiger partial charge in [-0.3, -0.25) is 0 Å². The second kappa shape index (κ2) is 12.7. The molecule has 0 N–H and O–H groups in total. The van der Waals surface area contributed by atoms with Crippen LogP contribution in [0.15, 0.2) is 109 Å². The van der Waals surface area contributed by atoms with Gasteiger partial charge in [-0.2, -0.15) is 0 Å². The summed E-state index contributed by atoms with van der Waals surface area (Å²) in [6, 6.07) is 43.7. The lowest BCUT2D eigenvalue weighted by molar-refractivity contribution is 0.590. The smallest absolute Gasteiger partial charge is 0.0165 e. The fourth-order valence-electron chi connectivity index (χ4n) is 11.4. The van der Waals surface area contributed by atoms with E-state index in [9.17, 15) is 0 Å². The Morgan fingerprint density at radius 2 is 0.597 bits per heavy atom. The zero-order valence-electron chi connectivity index (χ0n) is 40.4. The van der Waals surface area contributed by atoms with E-state index in [0.29, 0.717) is 0 Å². The molecule has 0 unspecified atom stereocenters. The van der Waals surface area contributed by atoms with Gasteiger partial charge in [0.2, 0.25) is 0 Å². The number of fused-ring (bicyclic) bond motifs is 10. The SMILES string of the molecule is CC(C)(C)c1ccc(-c2ccc3c(c2)C(C)(C)c2c-3c3cc(C(C)(C)C)cc4c5c(c6cc(C(C)(C)C)cc2c6c34)-c2ccc(-c3ccc(C(C)(C)C)cc3)cc2C5(C)C)cc1. The molecule has 10 rings (SSSR count). The van der Waals surface area contributed by atoms with Crippen LogP contribution in [0.25, 0.3) is 76.8 Å². The quantitative estimate of drug-likeness (QED) is 0.153. The molecule has 0 saturated carbocycles. The predicted molar refractivity (Wildman–Crippen MR) is 271 cm³/mol. The normalized spacial score (nSPS) is 15.7. The highest BCUT2D eigenvalue weighted by atomic mass is 14.5. The molecule has 2 aliphatic carbocycles. The van der Waals surface area contributed by atoms with Gasteiger partial charge in [-0.1, -0.05) is 196 Å². The minimum atomic E-state index is -0.217. The van der Waals surface area contributed by atoms with Crippen molar-refractivity contribution in [1.82, 2.24) is 0 Å². The average Bonchev–Trinajstić information content (AvgIpc) is 3.58. The van der Waals surface area contributed by atoms with Gasteiger partial charge < -0.3 is 0 Å². The Hall–Kier alpha value is -5.20. The molecule has 2 aliphatic rings. The van der Waals surface area contributed by atoms with Crippen molar-refractivity contribution in [2.24, 2.45) is 0 Å². The summed E-state index contributed by atoms with van der Waals surface area (Å²) >= 11 is 0. The van der Waals surface area contributed by atoms with Crippen molar-refractivity contribution in [2.45, 2.75) is 143 Å². The molecule has 0 fully saturated rings. The lowest BCUT2D eigenvalue weighted by Gasteiger charge is -2.31. The molecule has 0 spiro atoms. The molecule has 0 heterocycles. The highest BCUT2D eigenvalue weighted by molar-refractivity contribution is 6.33. The molecule has 0 aromatic heterocycles. The summed E-state index contributed by atoms with van der Waals surface area (Å²) in [7, 11) is 0. The van der Waals surface area contributed by atoms with Crippen LogP contribution < -0.4 is 0 Å². The first-order chi connectivity index (χ1) is 28.8. The lowest BCUT2D eigenvalue weighted by atomic mass is 9.72. The third-order valence-electron chi connectivity index (χ3n) is 15.2. The Morgan fingerprint density at radius 1 is 0.306 bits per heavy atom. The Bertz CT molecular complexity index is 2930. The zero-order valence-corrected chi connectivity index (χ0v) is 40.4. The van der Waals surface area contributed by atoms with Crippen molar-refractivity contribution >= 4 is 32.3 Å². The summed E-state index contributed by atoms with van der Waals surface area (Å²) in [5.74, 6) is 0. The minimum Gasteiger partial charge on any atom is -0.0579 e. The van der Waals surface area contributed by atoms with E-state index in [1.54, 1.807) is 0 Å². The second-order valence-electron chi connectivity index (χ2n) is 24.3. The molecule has 62 heavy (non-hydrogen) atoms. The highest BCUT2D eigenvalue weighted by Crippen LogP contribution is 2.62. The van der Waals surface area contributed by atoms with Gasteiger partial charge in [0.1, 0.15) is 0 Å². The largest absolute Gasteiger partial charge is 0.0579 e. The number of hydrogen-bond acceptors (Lipinski definition) is 0. The van der Waals surface area contributed by atoms with E-state index in [4.69, 9.17) is 0 Å². The minimum absolute atomic E-state index is 0.0361. The van der Waals surface area contributed by atoms with Crippen LogP contribution >= 0.6 is 0 Å². The molecular formula is C62H66. The monoisotopic (exact) mass is 811 g/mol. The van der Waals surface area contributed by atoms with Gasteiger partial charge in [0.25, 0.3) is 0 Å². The van der Waals surface area contributed by atoms with Crippen molar-refractivity contribution in [3.05, 3.63) is 154 Å². The molecule has 0 radical (unpaired) electrons. The van der Waals surface area contributed by atoms with Crippen LogP contribution in [-0.2, 0) is 32.5 Å². The van der Waals surface area contributed by atoms with Gasteiger partial charge >= 0.3 is 0 Å². The van der Waals surface area contributed by atoms with Crippen LogP contribution in [0, 0.1) is 0 Å². The van der Waals surface area contributed by atoms with E-state index in [0.717, 1.165) is 0 Å². The first-order valence-corrected chi connectivity index (χ1v) is 23.2. The van der Waals surface area contributed by atoms with Crippen LogP contribution in [-0.4, -0.2) is 0 Å². The topological polar surface area (TPSA) is 0 Å². The maximum absolute atomic E-state index is 2.59. The highest BCUT2D eigenvalue weighted by Gasteiger charge is 2.44. The fourth-order valence-corrected chi connectivity index (χ4v) is 11.4. The molecule has 0 amide bonds. The maximum Gasteiger partial charge on any atom is 0.0165 e. The summed E-state index contributed by atoms with van der Waals surface area (Å²) in [5.41, 5.74) is 21.9. The van der Waals surface area contributed by atoms with Gasteiger partial charge in [-0.05, 0) is 167 Å². The Balaban J connectivity index is 1.30. The Morgan fingerprint density at radius 3 is 0.903 bits per heavy atom. The van der Waals surface area contributed by atoms with E-state index in [-0.39, 0.29) is 32.5 Å². The molecule has 0 nitrogen and oxygen atoms in total. The van der Waals surface area contributed by atoms with Crippen LogP contribution in [0.2, 0.25) is 0 Å². The molecule has 0 aliphatic heterocycles. The third kappa shape index (κ3) is 5.84. The molecule has 314 valence electrons. The van der Waals surface area contributed by atoms with E-state index in [1.165, 1.54) is 121 Å². The van der Waals surface area contributed by atoms with E-state index < -0.39 is 0 Å². The molecule has 8 aromatic rings. The number of hydrogen-bond donors (Lipinski definition) is 0. The summed E-state index contributed by atoms with van der Waals surface area (Å²) in [4.78, 5) is 0. The first-order valence-electron chi connectivity index (χ1n) is 23.2. The van der Waals surface area contributed by atoms with Crippen molar-refractivity contribution in [3.8, 4) is 44.5 Å². The average molecular weight is 811 g/mol. The summed E-state index contributed by atoms with van der Waals surface area (Å²) < 4.78 is 0. The molecule has 0 atom stereocenters. The van der Waals surface area contributed by atoms with E-state index >= 15 is 0 Å². The van der Waals surface area contributed by atoms with Gasteiger partial charge in [0.05, 0.1) is 0 Å². The molecule has 0 heteroatoms. The van der Waals surface area contributed by atoms with Crippen LogP contribution in [0.5, 0.6) is 0 Å². The number of rotatable bonds is 2. The summed E-state index contributed by atoms with van der Waals surface area (Å²) in [6.45, 7) is 38.1. The fraction of sp³-hybridized carbons (Fsp3) is 0.355. The summed E-state index contributed by atoms with van der Waals surface area (Å²) in [6.07, 6.45) is 0. The first kappa shape index (κ1) is 40.8. The van der Waals surface area contributed by atoms with Gasteiger partial charge in [-0.15, -0.1) is 0 Å². The van der Waals surface area contributed by atoms with Gasteiger partial charge in [0.15, 0.2) is 0 Å². The molecule has 0 bridgehead atoms. The third-order valence-corrected chi connectivity index (χ3v) is 15.2. The molecule has 8 aromatic carbocycles.